The first-order valence-electron chi connectivity index (χ1n) is 5.19. The number of nitrogens with zero attached hydrogens (tertiary/aromatic N) is 1. The van der Waals surface area contributed by atoms with Crippen LogP contribution in [0.5, 0.6) is 0 Å². The molecule has 1 atom stereocenters. The van der Waals surface area contributed by atoms with Crippen LogP contribution in [-0.4, -0.2) is 6.04 Å². The maximum absolute atomic E-state index is 8.42. The third-order valence-corrected chi connectivity index (χ3v) is 1.67. The van der Waals surface area contributed by atoms with Crippen LogP contribution in [0.1, 0.15) is 27.3 Å². The van der Waals surface area contributed by atoms with E-state index >= 15 is 0 Å². The molecule has 0 radical (unpaired) electrons. The van der Waals surface area contributed by atoms with Gasteiger partial charge in [0, 0.05) is 1.43 Å². The van der Waals surface area contributed by atoms with Crippen LogP contribution in [0.15, 0.2) is 36.4 Å². The van der Waals surface area contributed by atoms with Crippen LogP contribution in [0, 0.1) is 11.3 Å². The molecule has 0 amide bonds. The summed E-state index contributed by atoms with van der Waals surface area (Å²) in [5, 5.41) is 8.42. The van der Waals surface area contributed by atoms with Crippen molar-refractivity contribution in [2.75, 3.05) is 0 Å². The predicted octanol–water partition coefficient (Wildman–Crippen LogP) is 3.21. The minimum atomic E-state index is -0.389. The molecule has 0 aromatic heterocycles. The van der Waals surface area contributed by atoms with Gasteiger partial charge >= 0.3 is 0 Å². The average molecular weight is 204 g/mol. The van der Waals surface area contributed by atoms with Crippen LogP contribution in [-0.2, 0) is 0 Å². The van der Waals surface area contributed by atoms with E-state index in [0.717, 1.165) is 5.56 Å². The molecule has 0 spiro atoms. The SMILES string of the molecule is CC.N#CC(N)C/C=C/c1ccccc1.[HH]. The number of nitriles is 1. The summed E-state index contributed by atoms with van der Waals surface area (Å²) in [5.74, 6) is 0. The molecule has 15 heavy (non-hydrogen) atoms. The van der Waals surface area contributed by atoms with Crippen molar-refractivity contribution >= 4 is 6.08 Å². The van der Waals surface area contributed by atoms with Crippen molar-refractivity contribution in [3.8, 4) is 6.07 Å². The van der Waals surface area contributed by atoms with E-state index in [1.54, 1.807) is 0 Å². The zero-order valence-corrected chi connectivity index (χ0v) is 9.35. The van der Waals surface area contributed by atoms with E-state index in [-0.39, 0.29) is 7.47 Å². The molecule has 0 heterocycles. The number of benzene rings is 1. The van der Waals surface area contributed by atoms with Crippen LogP contribution in [0.3, 0.4) is 0 Å². The summed E-state index contributed by atoms with van der Waals surface area (Å²) in [6.45, 7) is 4.00. The first kappa shape index (κ1) is 13.4. The van der Waals surface area contributed by atoms with Crippen molar-refractivity contribution in [2.45, 2.75) is 26.3 Å². The monoisotopic (exact) mass is 204 g/mol. The van der Waals surface area contributed by atoms with Crippen LogP contribution in [0.2, 0.25) is 0 Å². The smallest absolute Gasteiger partial charge is 0.0962 e. The van der Waals surface area contributed by atoms with Gasteiger partial charge in [0.1, 0.15) is 0 Å². The molecular formula is C13H20N2. The minimum Gasteiger partial charge on any atom is -0.316 e. The molecule has 0 saturated carbocycles. The maximum Gasteiger partial charge on any atom is 0.0962 e. The molecule has 1 aromatic carbocycles. The number of rotatable bonds is 3. The van der Waals surface area contributed by atoms with Gasteiger partial charge in [-0.25, -0.2) is 0 Å². The van der Waals surface area contributed by atoms with Gasteiger partial charge in [0.05, 0.1) is 12.1 Å². The van der Waals surface area contributed by atoms with E-state index in [0.29, 0.717) is 6.42 Å². The Balaban J connectivity index is 0. The first-order valence-corrected chi connectivity index (χ1v) is 5.19. The van der Waals surface area contributed by atoms with Crippen LogP contribution in [0.25, 0.3) is 6.08 Å². The molecule has 1 unspecified atom stereocenters. The van der Waals surface area contributed by atoms with E-state index in [2.05, 4.69) is 0 Å². The van der Waals surface area contributed by atoms with Crippen LogP contribution >= 0.6 is 0 Å². The second-order valence-electron chi connectivity index (χ2n) is 2.78. The molecule has 1 aromatic rings. The zero-order valence-electron chi connectivity index (χ0n) is 9.35. The summed E-state index contributed by atoms with van der Waals surface area (Å²) in [7, 11) is 0. The second kappa shape index (κ2) is 8.98. The molecule has 0 bridgehead atoms. The average Bonchev–Trinajstić information content (AvgIpc) is 2.33. The molecule has 0 fully saturated rings. The highest BCUT2D eigenvalue weighted by molar-refractivity contribution is 5.48. The molecule has 2 heteroatoms. The van der Waals surface area contributed by atoms with Gasteiger partial charge in [-0.05, 0) is 12.0 Å². The predicted molar refractivity (Wildman–Crippen MR) is 67.1 cm³/mol. The zero-order chi connectivity index (χ0) is 11.5. The highest BCUT2D eigenvalue weighted by Crippen LogP contribution is 2.02. The van der Waals surface area contributed by atoms with E-state index in [9.17, 15) is 0 Å². The van der Waals surface area contributed by atoms with E-state index in [1.807, 2.05) is 62.4 Å². The fraction of sp³-hybridized carbons (Fsp3) is 0.308. The fourth-order valence-corrected chi connectivity index (χ4v) is 0.968. The molecular weight excluding hydrogens is 184 g/mol. The maximum atomic E-state index is 8.42. The Kier molecular flexibility index (Phi) is 8.03. The van der Waals surface area contributed by atoms with Gasteiger partial charge in [-0.2, -0.15) is 5.26 Å². The Bertz CT molecular complexity index is 314. The van der Waals surface area contributed by atoms with Gasteiger partial charge in [-0.15, -0.1) is 0 Å². The molecule has 0 saturated heterocycles. The molecule has 2 nitrogen and oxygen atoms in total. The van der Waals surface area contributed by atoms with Gasteiger partial charge in [0.15, 0.2) is 0 Å². The number of hydrogen-bond acceptors (Lipinski definition) is 2. The Morgan fingerprint density at radius 2 is 2.00 bits per heavy atom. The molecule has 1 rings (SSSR count). The summed E-state index contributed by atoms with van der Waals surface area (Å²) in [4.78, 5) is 0. The van der Waals surface area contributed by atoms with Crippen molar-refractivity contribution in [1.29, 1.82) is 5.26 Å². The Hall–Kier alpha value is -1.59. The second-order valence-corrected chi connectivity index (χ2v) is 2.78. The lowest BCUT2D eigenvalue weighted by atomic mass is 10.1. The molecule has 0 aliphatic carbocycles. The standard InChI is InChI=1S/C11H12N2.C2H6.H2/c12-9-11(13)8-4-7-10-5-2-1-3-6-10;1-2;/h1-7,11H,8,13H2;1-2H3;1H/b7-4+;;. The number of nitrogens with two attached hydrogens (primary N) is 1. The topological polar surface area (TPSA) is 49.8 Å². The third kappa shape index (κ3) is 6.48. The Labute approximate surface area is 93.5 Å². The van der Waals surface area contributed by atoms with Gasteiger partial charge in [0.2, 0.25) is 0 Å². The van der Waals surface area contributed by atoms with Gasteiger partial charge in [-0.3, -0.25) is 0 Å². The highest BCUT2D eigenvalue weighted by Gasteiger charge is 1.93. The summed E-state index contributed by atoms with van der Waals surface area (Å²) in [6.07, 6.45) is 4.49. The van der Waals surface area contributed by atoms with Crippen molar-refractivity contribution in [1.82, 2.24) is 0 Å². The van der Waals surface area contributed by atoms with Crippen molar-refractivity contribution in [3.63, 3.8) is 0 Å². The third-order valence-electron chi connectivity index (χ3n) is 1.67. The van der Waals surface area contributed by atoms with E-state index in [1.165, 1.54) is 0 Å². The Morgan fingerprint density at radius 3 is 2.53 bits per heavy atom. The Morgan fingerprint density at radius 1 is 1.40 bits per heavy atom. The summed E-state index contributed by atoms with van der Waals surface area (Å²) in [5.41, 5.74) is 6.56. The first-order chi connectivity index (χ1) is 7.33. The van der Waals surface area contributed by atoms with Gasteiger partial charge < -0.3 is 5.73 Å². The normalized spacial score (nSPS) is 11.3. The van der Waals surface area contributed by atoms with Crippen molar-refractivity contribution < 1.29 is 1.43 Å². The molecule has 0 aliphatic rings. The van der Waals surface area contributed by atoms with Crippen molar-refractivity contribution in [3.05, 3.63) is 42.0 Å². The minimum absolute atomic E-state index is 0. The van der Waals surface area contributed by atoms with E-state index < -0.39 is 0 Å². The molecule has 0 aliphatic heterocycles. The molecule has 82 valence electrons. The lowest BCUT2D eigenvalue weighted by Crippen LogP contribution is -2.15. The summed E-state index contributed by atoms with van der Waals surface area (Å²) >= 11 is 0. The van der Waals surface area contributed by atoms with Gasteiger partial charge in [-0.1, -0.05) is 56.3 Å². The van der Waals surface area contributed by atoms with Crippen LogP contribution < -0.4 is 5.73 Å². The van der Waals surface area contributed by atoms with E-state index in [4.69, 9.17) is 11.0 Å². The summed E-state index contributed by atoms with van der Waals surface area (Å²) in [6, 6.07) is 11.5. The lowest BCUT2D eigenvalue weighted by molar-refractivity contribution is 0.850. The lowest BCUT2D eigenvalue weighted by Gasteiger charge is -1.95. The largest absolute Gasteiger partial charge is 0.316 e. The number of hydrogen-bond donors (Lipinski definition) is 1. The quantitative estimate of drug-likeness (QED) is 0.821. The van der Waals surface area contributed by atoms with Crippen LogP contribution in [0.4, 0.5) is 0 Å². The summed E-state index contributed by atoms with van der Waals surface area (Å²) < 4.78 is 0. The highest BCUT2D eigenvalue weighted by atomic mass is 14.6. The van der Waals surface area contributed by atoms with Gasteiger partial charge in [0.25, 0.3) is 0 Å². The fourth-order valence-electron chi connectivity index (χ4n) is 0.968. The van der Waals surface area contributed by atoms with Crippen molar-refractivity contribution in [2.24, 2.45) is 5.73 Å². The molecule has 2 N–H and O–H groups in total.